The molecule has 1 aliphatic rings. The molecule has 5 heteroatoms. The summed E-state index contributed by atoms with van der Waals surface area (Å²) in [6, 6.07) is 23.8. The zero-order chi connectivity index (χ0) is 21.0. The van der Waals surface area contributed by atoms with E-state index in [-0.39, 0.29) is 12.2 Å². The number of hydrogen-bond acceptors (Lipinski definition) is 3. The van der Waals surface area contributed by atoms with Gasteiger partial charge in [0.2, 0.25) is 0 Å². The van der Waals surface area contributed by atoms with Crippen LogP contribution in [0.15, 0.2) is 78.9 Å². The normalized spacial score (nSPS) is 19.4. The lowest BCUT2D eigenvalue weighted by atomic mass is 9.81. The van der Waals surface area contributed by atoms with Gasteiger partial charge in [0, 0.05) is 31.1 Å². The van der Waals surface area contributed by atoms with Gasteiger partial charge in [-0.3, -0.25) is 4.90 Å². The van der Waals surface area contributed by atoms with Gasteiger partial charge in [0.1, 0.15) is 17.5 Å². The second kappa shape index (κ2) is 9.27. The Morgan fingerprint density at radius 2 is 1.80 bits per heavy atom. The number of hydrogen-bond donors (Lipinski definition) is 1. The zero-order valence-corrected chi connectivity index (χ0v) is 17.4. The van der Waals surface area contributed by atoms with E-state index in [0.29, 0.717) is 23.7 Å². The van der Waals surface area contributed by atoms with Crippen molar-refractivity contribution in [1.29, 1.82) is 0 Å². The molecule has 0 unspecified atom stereocenters. The van der Waals surface area contributed by atoms with Gasteiger partial charge in [-0.25, -0.2) is 4.39 Å². The molecule has 4 rings (SSSR count). The molecular weight excluding hydrogens is 401 g/mol. The van der Waals surface area contributed by atoms with Crippen LogP contribution in [0.4, 0.5) is 4.39 Å². The van der Waals surface area contributed by atoms with E-state index in [4.69, 9.17) is 16.3 Å². The van der Waals surface area contributed by atoms with Gasteiger partial charge in [0.15, 0.2) is 0 Å². The fraction of sp³-hybridized carbons (Fsp3) is 0.280. The van der Waals surface area contributed by atoms with Crippen molar-refractivity contribution in [2.75, 3.05) is 19.7 Å². The molecule has 1 aliphatic heterocycles. The number of ether oxygens (including phenoxy) is 1. The molecule has 0 aliphatic carbocycles. The maximum atomic E-state index is 14.1. The van der Waals surface area contributed by atoms with Crippen LogP contribution in [0.3, 0.4) is 0 Å². The Balaban J connectivity index is 1.64. The van der Waals surface area contributed by atoms with Gasteiger partial charge in [0.25, 0.3) is 0 Å². The van der Waals surface area contributed by atoms with Crippen LogP contribution in [-0.2, 0) is 23.3 Å². The molecule has 156 valence electrons. The molecule has 1 saturated heterocycles. The lowest BCUT2D eigenvalue weighted by Crippen LogP contribution is -2.53. The minimum Gasteiger partial charge on any atom is -0.382 e. The van der Waals surface area contributed by atoms with E-state index in [1.54, 1.807) is 18.2 Å². The number of halogens is 2. The van der Waals surface area contributed by atoms with Crippen LogP contribution in [0.1, 0.15) is 16.7 Å². The van der Waals surface area contributed by atoms with Crippen molar-refractivity contribution in [3.05, 3.63) is 106 Å². The van der Waals surface area contributed by atoms with Gasteiger partial charge in [0.05, 0.1) is 6.61 Å². The highest BCUT2D eigenvalue weighted by Gasteiger charge is 2.42. The van der Waals surface area contributed by atoms with Crippen molar-refractivity contribution in [3.63, 3.8) is 0 Å². The Morgan fingerprint density at radius 1 is 1.03 bits per heavy atom. The molecule has 2 atom stereocenters. The summed E-state index contributed by atoms with van der Waals surface area (Å²) in [7, 11) is 0. The van der Waals surface area contributed by atoms with Crippen molar-refractivity contribution < 1.29 is 14.2 Å². The van der Waals surface area contributed by atoms with Crippen LogP contribution in [0.25, 0.3) is 0 Å². The fourth-order valence-corrected chi connectivity index (χ4v) is 4.27. The van der Waals surface area contributed by atoms with Crippen LogP contribution in [0, 0.1) is 5.82 Å². The first-order valence-corrected chi connectivity index (χ1v) is 10.5. The highest BCUT2D eigenvalue weighted by Crippen LogP contribution is 2.35. The maximum Gasteiger partial charge on any atom is 0.123 e. The minimum absolute atomic E-state index is 0.236. The van der Waals surface area contributed by atoms with Gasteiger partial charge in [-0.2, -0.15) is 0 Å². The SMILES string of the molecule is O[C@](Cc1ccccc1Cl)(c1cccc(F)c1)[C@@H]1CN(Cc2ccccc2)CCO1. The summed E-state index contributed by atoms with van der Waals surface area (Å²) in [5.41, 5.74) is 1.09. The first kappa shape index (κ1) is 21.0. The van der Waals surface area contributed by atoms with Gasteiger partial charge in [-0.1, -0.05) is 72.3 Å². The molecule has 0 aromatic heterocycles. The standard InChI is InChI=1S/C25H25ClFNO2/c26-23-12-5-4-9-20(23)16-25(29,21-10-6-11-22(27)15-21)24-18-28(13-14-30-24)17-19-7-2-1-3-8-19/h1-12,15,24,29H,13-14,16-18H2/t24-,25+/m0/s1. The number of rotatable bonds is 6. The molecule has 1 heterocycles. The van der Waals surface area contributed by atoms with E-state index in [1.165, 1.54) is 17.7 Å². The van der Waals surface area contributed by atoms with Crippen LogP contribution >= 0.6 is 11.6 Å². The van der Waals surface area contributed by atoms with Crippen LogP contribution in [0.5, 0.6) is 0 Å². The first-order valence-electron chi connectivity index (χ1n) is 10.1. The molecule has 3 nitrogen and oxygen atoms in total. The van der Waals surface area contributed by atoms with Gasteiger partial charge < -0.3 is 9.84 Å². The van der Waals surface area contributed by atoms with E-state index < -0.39 is 11.7 Å². The molecule has 0 bridgehead atoms. The third kappa shape index (κ3) is 4.73. The molecule has 1 N–H and O–H groups in total. The molecule has 0 saturated carbocycles. The summed E-state index contributed by atoms with van der Waals surface area (Å²) in [6.45, 7) is 2.58. The first-order chi connectivity index (χ1) is 14.5. The van der Waals surface area contributed by atoms with Crippen LogP contribution in [-0.4, -0.2) is 35.8 Å². The average Bonchev–Trinajstić information content (AvgIpc) is 2.76. The lowest BCUT2D eigenvalue weighted by molar-refractivity contribution is -0.149. The second-order valence-corrected chi connectivity index (χ2v) is 8.19. The average molecular weight is 426 g/mol. The second-order valence-electron chi connectivity index (χ2n) is 7.78. The van der Waals surface area contributed by atoms with Gasteiger partial charge in [-0.05, 0) is 34.9 Å². The Hall–Kier alpha value is -2.24. The lowest BCUT2D eigenvalue weighted by Gasteiger charge is -2.42. The van der Waals surface area contributed by atoms with E-state index >= 15 is 0 Å². The van der Waals surface area contributed by atoms with Crippen LogP contribution < -0.4 is 0 Å². The van der Waals surface area contributed by atoms with Crippen LogP contribution in [0.2, 0.25) is 5.02 Å². The summed E-state index contributed by atoms with van der Waals surface area (Å²) in [5.74, 6) is -0.387. The summed E-state index contributed by atoms with van der Waals surface area (Å²) in [5, 5.41) is 12.5. The highest BCUT2D eigenvalue weighted by atomic mass is 35.5. The van der Waals surface area contributed by atoms with Crippen molar-refractivity contribution in [3.8, 4) is 0 Å². The number of aliphatic hydroxyl groups is 1. The third-order valence-electron chi connectivity index (χ3n) is 5.67. The van der Waals surface area contributed by atoms with Crippen molar-refractivity contribution in [1.82, 2.24) is 4.90 Å². The Morgan fingerprint density at radius 3 is 2.57 bits per heavy atom. The summed E-state index contributed by atoms with van der Waals surface area (Å²) in [6.07, 6.45) is -0.284. The highest BCUT2D eigenvalue weighted by molar-refractivity contribution is 6.31. The third-order valence-corrected chi connectivity index (χ3v) is 6.04. The molecule has 0 spiro atoms. The Labute approximate surface area is 181 Å². The van der Waals surface area contributed by atoms with E-state index in [0.717, 1.165) is 18.7 Å². The quantitative estimate of drug-likeness (QED) is 0.615. The summed E-state index contributed by atoms with van der Waals surface area (Å²) < 4.78 is 20.1. The Bertz CT molecular complexity index is 984. The predicted molar refractivity (Wildman–Crippen MR) is 117 cm³/mol. The van der Waals surface area contributed by atoms with Crippen molar-refractivity contribution in [2.24, 2.45) is 0 Å². The molecule has 30 heavy (non-hydrogen) atoms. The number of benzene rings is 3. The maximum absolute atomic E-state index is 14.1. The molecule has 0 amide bonds. The number of morpholine rings is 1. The monoisotopic (exact) mass is 425 g/mol. The Kier molecular flexibility index (Phi) is 6.49. The topological polar surface area (TPSA) is 32.7 Å². The van der Waals surface area contributed by atoms with Crippen molar-refractivity contribution in [2.45, 2.75) is 24.7 Å². The predicted octanol–water partition coefficient (Wildman–Crippen LogP) is 4.81. The molecule has 0 radical (unpaired) electrons. The van der Waals surface area contributed by atoms with E-state index in [2.05, 4.69) is 17.0 Å². The molecule has 3 aromatic carbocycles. The summed E-state index contributed by atoms with van der Waals surface area (Å²) >= 11 is 6.39. The largest absolute Gasteiger partial charge is 0.382 e. The van der Waals surface area contributed by atoms with E-state index in [1.807, 2.05) is 36.4 Å². The van der Waals surface area contributed by atoms with Gasteiger partial charge in [-0.15, -0.1) is 0 Å². The molecule has 3 aromatic rings. The number of nitrogens with zero attached hydrogens (tertiary/aromatic N) is 1. The smallest absolute Gasteiger partial charge is 0.123 e. The molecule has 1 fully saturated rings. The van der Waals surface area contributed by atoms with Crippen molar-refractivity contribution >= 4 is 11.6 Å². The van der Waals surface area contributed by atoms with Gasteiger partial charge >= 0.3 is 0 Å². The zero-order valence-electron chi connectivity index (χ0n) is 16.7. The molecular formula is C25H25ClFNO2. The summed E-state index contributed by atoms with van der Waals surface area (Å²) in [4.78, 5) is 2.26. The van der Waals surface area contributed by atoms with E-state index in [9.17, 15) is 9.50 Å². The minimum atomic E-state index is -1.41. The fourth-order valence-electron chi connectivity index (χ4n) is 4.07.